The Labute approximate surface area is 195 Å². The van der Waals surface area contributed by atoms with Crippen LogP contribution in [0, 0.1) is 12.8 Å². The molecule has 3 aromatic rings. The Balaban J connectivity index is 1.39. The number of carboxylic acid groups (broad SMARTS) is 1. The topological polar surface area (TPSA) is 130 Å². The van der Waals surface area contributed by atoms with Crippen molar-refractivity contribution in [2.45, 2.75) is 25.8 Å². The SMILES string of the molecule is Cc1cn(C[C@@H](CNC(=O)OCC2c3ccccc3-c3ccccc32)CC(=O)O)c(=O)[nH]c1=O. The average molecular weight is 463 g/mol. The third-order valence-electron chi connectivity index (χ3n) is 5.99. The normalized spacial score (nSPS) is 13.1. The quantitative estimate of drug-likeness (QED) is 0.470. The van der Waals surface area contributed by atoms with E-state index in [0.717, 1.165) is 22.3 Å². The van der Waals surface area contributed by atoms with Crippen LogP contribution >= 0.6 is 0 Å². The molecule has 0 saturated carbocycles. The van der Waals surface area contributed by atoms with Crippen LogP contribution in [0.15, 0.2) is 64.3 Å². The smallest absolute Gasteiger partial charge is 0.407 e. The molecule has 1 aromatic heterocycles. The molecule has 0 spiro atoms. The predicted molar refractivity (Wildman–Crippen MR) is 125 cm³/mol. The second-order valence-corrected chi connectivity index (χ2v) is 8.39. The van der Waals surface area contributed by atoms with Crippen molar-refractivity contribution < 1.29 is 19.4 Å². The van der Waals surface area contributed by atoms with Gasteiger partial charge in [0.1, 0.15) is 6.61 Å². The van der Waals surface area contributed by atoms with E-state index in [1.165, 1.54) is 10.8 Å². The summed E-state index contributed by atoms with van der Waals surface area (Å²) in [7, 11) is 0. The Morgan fingerprint density at radius 1 is 1.09 bits per heavy atom. The summed E-state index contributed by atoms with van der Waals surface area (Å²) >= 11 is 0. The molecule has 0 aliphatic heterocycles. The Hall–Kier alpha value is -4.14. The van der Waals surface area contributed by atoms with E-state index in [2.05, 4.69) is 10.3 Å². The van der Waals surface area contributed by atoms with Gasteiger partial charge in [0.15, 0.2) is 0 Å². The number of nitrogens with zero attached hydrogens (tertiary/aromatic N) is 1. The number of aryl methyl sites for hydroxylation is 1. The van der Waals surface area contributed by atoms with Crippen LogP contribution in [-0.4, -0.2) is 39.9 Å². The van der Waals surface area contributed by atoms with Gasteiger partial charge in [-0.15, -0.1) is 0 Å². The molecule has 1 atom stereocenters. The Kier molecular flexibility index (Phi) is 6.62. The van der Waals surface area contributed by atoms with Crippen molar-refractivity contribution in [3.05, 3.63) is 92.3 Å². The number of amides is 1. The standard InChI is InChI=1S/C25H25N3O6/c1-15-12-28(24(32)27-23(15)31)13-16(10-22(29)30)11-26-25(33)34-14-21-19-8-4-2-6-17(19)18-7-3-5-9-20(18)21/h2-9,12,16,21H,10-11,13-14H2,1H3,(H,26,33)(H,29,30)(H,27,31,32)/t16-/m1/s1. The first-order valence-electron chi connectivity index (χ1n) is 10.9. The van der Waals surface area contributed by atoms with Gasteiger partial charge in [0.25, 0.3) is 5.56 Å². The third kappa shape index (κ3) is 4.93. The first-order chi connectivity index (χ1) is 16.3. The van der Waals surface area contributed by atoms with E-state index in [0.29, 0.717) is 5.56 Å². The second kappa shape index (κ2) is 9.78. The van der Waals surface area contributed by atoms with Gasteiger partial charge < -0.3 is 15.2 Å². The fourth-order valence-corrected chi connectivity index (χ4v) is 4.36. The summed E-state index contributed by atoms with van der Waals surface area (Å²) in [4.78, 5) is 49.5. The van der Waals surface area contributed by atoms with Crippen LogP contribution in [0.5, 0.6) is 0 Å². The average Bonchev–Trinajstić information content (AvgIpc) is 3.13. The van der Waals surface area contributed by atoms with Gasteiger partial charge >= 0.3 is 17.8 Å². The number of alkyl carbamates (subject to hydrolysis) is 1. The number of aliphatic carboxylic acids is 1. The van der Waals surface area contributed by atoms with Gasteiger partial charge in [0.05, 0.1) is 6.42 Å². The molecule has 0 radical (unpaired) electrons. The molecule has 4 rings (SSSR count). The number of fused-ring (bicyclic) bond motifs is 3. The monoisotopic (exact) mass is 463 g/mol. The lowest BCUT2D eigenvalue weighted by Crippen LogP contribution is -2.37. The molecule has 176 valence electrons. The van der Waals surface area contributed by atoms with Crippen molar-refractivity contribution in [2.75, 3.05) is 13.2 Å². The van der Waals surface area contributed by atoms with Crippen LogP contribution in [0.1, 0.15) is 29.0 Å². The van der Waals surface area contributed by atoms with E-state index in [-0.39, 0.29) is 32.0 Å². The number of carbonyl (C=O) groups is 2. The molecule has 1 heterocycles. The number of ether oxygens (including phenoxy) is 1. The highest BCUT2D eigenvalue weighted by molar-refractivity contribution is 5.79. The summed E-state index contributed by atoms with van der Waals surface area (Å²) in [5, 5.41) is 11.9. The van der Waals surface area contributed by atoms with E-state index in [1.807, 2.05) is 48.5 Å². The lowest BCUT2D eigenvalue weighted by Gasteiger charge is -2.18. The largest absolute Gasteiger partial charge is 0.481 e. The molecular weight excluding hydrogens is 438 g/mol. The number of H-pyrrole nitrogens is 1. The van der Waals surface area contributed by atoms with E-state index < -0.39 is 29.2 Å². The zero-order chi connectivity index (χ0) is 24.2. The van der Waals surface area contributed by atoms with Crippen LogP contribution in [0.2, 0.25) is 0 Å². The number of nitrogens with one attached hydrogen (secondary N) is 2. The van der Waals surface area contributed by atoms with Crippen LogP contribution in [0.4, 0.5) is 4.79 Å². The molecule has 1 aliphatic rings. The van der Waals surface area contributed by atoms with Crippen LogP contribution in [0.25, 0.3) is 11.1 Å². The van der Waals surface area contributed by atoms with Crippen molar-refractivity contribution >= 4 is 12.1 Å². The minimum absolute atomic E-state index is 0.00636. The van der Waals surface area contributed by atoms with E-state index in [4.69, 9.17) is 4.74 Å². The summed E-state index contributed by atoms with van der Waals surface area (Å²) in [5.74, 6) is -1.73. The lowest BCUT2D eigenvalue weighted by molar-refractivity contribution is -0.138. The number of rotatable bonds is 8. The summed E-state index contributed by atoms with van der Waals surface area (Å²) < 4.78 is 6.73. The molecule has 34 heavy (non-hydrogen) atoms. The van der Waals surface area contributed by atoms with Gasteiger partial charge in [-0.05, 0) is 29.2 Å². The summed E-state index contributed by atoms with van der Waals surface area (Å²) in [6, 6.07) is 16.0. The fourth-order valence-electron chi connectivity index (χ4n) is 4.36. The van der Waals surface area contributed by atoms with Gasteiger partial charge in [0, 0.05) is 36.7 Å². The molecule has 9 heteroatoms. The molecule has 1 aliphatic carbocycles. The highest BCUT2D eigenvalue weighted by Crippen LogP contribution is 2.44. The Morgan fingerprint density at radius 3 is 2.32 bits per heavy atom. The maximum atomic E-state index is 12.4. The first kappa shape index (κ1) is 23.0. The van der Waals surface area contributed by atoms with Crippen LogP contribution in [-0.2, 0) is 16.1 Å². The number of hydrogen-bond acceptors (Lipinski definition) is 5. The van der Waals surface area contributed by atoms with Gasteiger partial charge in [0.2, 0.25) is 0 Å². The minimum atomic E-state index is -1.06. The van der Waals surface area contributed by atoms with Crippen LogP contribution < -0.4 is 16.6 Å². The van der Waals surface area contributed by atoms with Crippen molar-refractivity contribution in [3.8, 4) is 11.1 Å². The molecule has 1 amide bonds. The Morgan fingerprint density at radius 2 is 1.71 bits per heavy atom. The summed E-state index contributed by atoms with van der Waals surface area (Å²) in [6.07, 6.45) is 0.444. The zero-order valence-corrected chi connectivity index (χ0v) is 18.6. The highest BCUT2D eigenvalue weighted by Gasteiger charge is 2.29. The van der Waals surface area contributed by atoms with E-state index in [1.54, 1.807) is 6.92 Å². The number of aromatic amines is 1. The predicted octanol–water partition coefficient (Wildman–Crippen LogP) is 2.47. The maximum absolute atomic E-state index is 12.4. The van der Waals surface area contributed by atoms with Gasteiger partial charge in [-0.3, -0.25) is 19.1 Å². The second-order valence-electron chi connectivity index (χ2n) is 8.39. The molecule has 2 aromatic carbocycles. The molecule has 0 saturated heterocycles. The molecule has 0 bridgehead atoms. The molecule has 0 unspecified atom stereocenters. The maximum Gasteiger partial charge on any atom is 0.407 e. The summed E-state index contributed by atoms with van der Waals surface area (Å²) in [5.41, 5.74) is 3.63. The molecular formula is C25H25N3O6. The number of carbonyl (C=O) groups excluding carboxylic acids is 1. The van der Waals surface area contributed by atoms with Crippen LogP contribution in [0.3, 0.4) is 0 Å². The van der Waals surface area contributed by atoms with E-state index in [9.17, 15) is 24.3 Å². The molecule has 9 nitrogen and oxygen atoms in total. The highest BCUT2D eigenvalue weighted by atomic mass is 16.5. The number of hydrogen-bond donors (Lipinski definition) is 3. The van der Waals surface area contributed by atoms with E-state index >= 15 is 0 Å². The molecule has 0 fully saturated rings. The van der Waals surface area contributed by atoms with Gasteiger partial charge in [-0.1, -0.05) is 48.5 Å². The van der Waals surface area contributed by atoms with Crippen molar-refractivity contribution in [1.29, 1.82) is 0 Å². The fraction of sp³-hybridized carbons (Fsp3) is 0.280. The van der Waals surface area contributed by atoms with Gasteiger partial charge in [-0.25, -0.2) is 9.59 Å². The zero-order valence-electron chi connectivity index (χ0n) is 18.6. The van der Waals surface area contributed by atoms with Crippen molar-refractivity contribution in [3.63, 3.8) is 0 Å². The molecule has 3 N–H and O–H groups in total. The minimum Gasteiger partial charge on any atom is -0.481 e. The first-order valence-corrected chi connectivity index (χ1v) is 10.9. The third-order valence-corrected chi connectivity index (χ3v) is 5.99. The number of aromatic nitrogens is 2. The van der Waals surface area contributed by atoms with Crippen molar-refractivity contribution in [2.24, 2.45) is 5.92 Å². The van der Waals surface area contributed by atoms with Gasteiger partial charge in [-0.2, -0.15) is 0 Å². The van der Waals surface area contributed by atoms with Crippen molar-refractivity contribution in [1.82, 2.24) is 14.9 Å². The summed E-state index contributed by atoms with van der Waals surface area (Å²) in [6.45, 7) is 1.71. The number of carboxylic acids is 1. The number of benzene rings is 2. The Bertz CT molecular complexity index is 1300. The lowest BCUT2D eigenvalue weighted by atomic mass is 9.98.